The van der Waals surface area contributed by atoms with Gasteiger partial charge in [-0.2, -0.15) is 4.31 Å². The average molecular weight is 359 g/mol. The third-order valence-electron chi connectivity index (χ3n) is 3.41. The van der Waals surface area contributed by atoms with Crippen molar-refractivity contribution < 1.29 is 17.9 Å². The standard InChI is InChI=1S/C15H19ClN2O4S/c1-2-7-17-15(19)11-22-14-6-5-12(10-13(14)16)23(20,21)18-8-3-4-9-18/h2,5-6,10H,1,3-4,7-9,11H2,(H,17,19). The van der Waals surface area contributed by atoms with Crippen LogP contribution in [0.1, 0.15) is 12.8 Å². The lowest BCUT2D eigenvalue weighted by molar-refractivity contribution is -0.122. The molecule has 0 unspecified atom stereocenters. The van der Waals surface area contributed by atoms with Gasteiger partial charge in [-0.05, 0) is 31.0 Å². The fraction of sp³-hybridized carbons (Fsp3) is 0.400. The first-order valence-electron chi connectivity index (χ1n) is 7.25. The smallest absolute Gasteiger partial charge is 0.258 e. The van der Waals surface area contributed by atoms with E-state index in [0.717, 1.165) is 12.8 Å². The van der Waals surface area contributed by atoms with Crippen molar-refractivity contribution in [2.45, 2.75) is 17.7 Å². The minimum absolute atomic E-state index is 0.132. The zero-order chi connectivity index (χ0) is 16.9. The largest absolute Gasteiger partial charge is 0.482 e. The zero-order valence-corrected chi connectivity index (χ0v) is 14.2. The van der Waals surface area contributed by atoms with Gasteiger partial charge in [-0.3, -0.25) is 4.79 Å². The summed E-state index contributed by atoms with van der Waals surface area (Å²) in [5.74, 6) is -0.0458. The summed E-state index contributed by atoms with van der Waals surface area (Å²) in [5.41, 5.74) is 0. The van der Waals surface area contributed by atoms with Crippen LogP contribution in [0.25, 0.3) is 0 Å². The second-order valence-corrected chi connectivity index (χ2v) is 7.43. The van der Waals surface area contributed by atoms with Crippen molar-refractivity contribution in [2.75, 3.05) is 26.2 Å². The Labute approximate surface area is 141 Å². The molecule has 0 aliphatic carbocycles. The van der Waals surface area contributed by atoms with Crippen LogP contribution < -0.4 is 10.1 Å². The minimum atomic E-state index is -3.52. The molecular formula is C15H19ClN2O4S. The van der Waals surface area contributed by atoms with E-state index >= 15 is 0 Å². The van der Waals surface area contributed by atoms with Crippen LogP contribution in [0.3, 0.4) is 0 Å². The summed E-state index contributed by atoms with van der Waals surface area (Å²) in [6.07, 6.45) is 3.30. The summed E-state index contributed by atoms with van der Waals surface area (Å²) in [6, 6.07) is 4.26. The molecule has 6 nitrogen and oxygen atoms in total. The van der Waals surface area contributed by atoms with Gasteiger partial charge in [-0.25, -0.2) is 8.42 Å². The summed E-state index contributed by atoms with van der Waals surface area (Å²) in [4.78, 5) is 11.6. The summed E-state index contributed by atoms with van der Waals surface area (Å²) in [5, 5.41) is 2.72. The highest BCUT2D eigenvalue weighted by atomic mass is 35.5. The fourth-order valence-electron chi connectivity index (χ4n) is 2.22. The van der Waals surface area contributed by atoms with Crippen LogP contribution in [0, 0.1) is 0 Å². The molecule has 2 rings (SSSR count). The number of nitrogens with one attached hydrogen (secondary N) is 1. The molecule has 1 fully saturated rings. The van der Waals surface area contributed by atoms with Crippen LogP contribution in [-0.4, -0.2) is 44.9 Å². The third-order valence-corrected chi connectivity index (χ3v) is 5.60. The third kappa shape index (κ3) is 4.46. The number of benzene rings is 1. The quantitative estimate of drug-likeness (QED) is 0.754. The maximum absolute atomic E-state index is 12.4. The highest BCUT2D eigenvalue weighted by Crippen LogP contribution is 2.29. The van der Waals surface area contributed by atoms with Crippen molar-refractivity contribution in [3.05, 3.63) is 35.9 Å². The van der Waals surface area contributed by atoms with E-state index in [9.17, 15) is 13.2 Å². The van der Waals surface area contributed by atoms with Gasteiger partial charge in [0.15, 0.2) is 6.61 Å². The molecule has 8 heteroatoms. The van der Waals surface area contributed by atoms with Crippen molar-refractivity contribution in [3.63, 3.8) is 0 Å². The SMILES string of the molecule is C=CCNC(=O)COc1ccc(S(=O)(=O)N2CCCC2)cc1Cl. The van der Waals surface area contributed by atoms with Crippen molar-refractivity contribution >= 4 is 27.5 Å². The molecule has 0 aromatic heterocycles. The number of halogens is 1. The van der Waals surface area contributed by atoms with E-state index in [4.69, 9.17) is 16.3 Å². The van der Waals surface area contributed by atoms with Crippen LogP contribution >= 0.6 is 11.6 Å². The monoisotopic (exact) mass is 358 g/mol. The van der Waals surface area contributed by atoms with Crippen molar-refractivity contribution in [1.82, 2.24) is 9.62 Å². The van der Waals surface area contributed by atoms with E-state index < -0.39 is 10.0 Å². The summed E-state index contributed by atoms with van der Waals surface area (Å²) < 4.78 is 31.6. The lowest BCUT2D eigenvalue weighted by Crippen LogP contribution is -2.29. The van der Waals surface area contributed by atoms with Crippen molar-refractivity contribution in [2.24, 2.45) is 0 Å². The molecule has 0 bridgehead atoms. The Bertz CT molecular complexity index is 685. The predicted octanol–water partition coefficient (Wildman–Crippen LogP) is 1.81. The normalized spacial score (nSPS) is 15.3. The molecule has 0 saturated carbocycles. The van der Waals surface area contributed by atoms with Gasteiger partial charge in [0.1, 0.15) is 5.75 Å². The molecule has 1 aliphatic heterocycles. The lowest BCUT2D eigenvalue weighted by atomic mass is 10.3. The molecule has 0 spiro atoms. The molecule has 1 saturated heterocycles. The van der Waals surface area contributed by atoms with Gasteiger partial charge < -0.3 is 10.1 Å². The number of sulfonamides is 1. The van der Waals surface area contributed by atoms with E-state index in [2.05, 4.69) is 11.9 Å². The number of hydrogen-bond donors (Lipinski definition) is 1. The van der Waals surface area contributed by atoms with Gasteiger partial charge >= 0.3 is 0 Å². The minimum Gasteiger partial charge on any atom is -0.482 e. The Morgan fingerprint density at radius 1 is 1.39 bits per heavy atom. The number of hydrogen-bond acceptors (Lipinski definition) is 4. The number of carbonyl (C=O) groups excluding carboxylic acids is 1. The van der Waals surface area contributed by atoms with Gasteiger partial charge in [0.2, 0.25) is 10.0 Å². The van der Waals surface area contributed by atoms with Gasteiger partial charge in [0.25, 0.3) is 5.91 Å². The van der Waals surface area contributed by atoms with Gasteiger partial charge in [-0.1, -0.05) is 17.7 Å². The molecule has 0 atom stereocenters. The van der Waals surface area contributed by atoms with Crippen LogP contribution in [-0.2, 0) is 14.8 Å². The lowest BCUT2D eigenvalue weighted by Gasteiger charge is -2.16. The van der Waals surface area contributed by atoms with E-state index in [1.807, 2.05) is 0 Å². The fourth-order valence-corrected chi connectivity index (χ4v) is 4.06. The van der Waals surface area contributed by atoms with Crippen LogP contribution in [0.2, 0.25) is 5.02 Å². The topological polar surface area (TPSA) is 75.7 Å². The van der Waals surface area contributed by atoms with E-state index in [1.54, 1.807) is 6.08 Å². The van der Waals surface area contributed by atoms with Crippen LogP contribution in [0.4, 0.5) is 0 Å². The van der Waals surface area contributed by atoms with Crippen molar-refractivity contribution in [1.29, 1.82) is 0 Å². The van der Waals surface area contributed by atoms with Crippen LogP contribution in [0.15, 0.2) is 35.7 Å². The Balaban J connectivity index is 2.05. The maximum Gasteiger partial charge on any atom is 0.258 e. The molecule has 1 aromatic rings. The Hall–Kier alpha value is -1.57. The first kappa shape index (κ1) is 17.8. The van der Waals surface area contributed by atoms with Crippen LogP contribution in [0.5, 0.6) is 5.75 Å². The maximum atomic E-state index is 12.4. The molecule has 23 heavy (non-hydrogen) atoms. The average Bonchev–Trinajstić information content (AvgIpc) is 3.06. The molecule has 0 radical (unpaired) electrons. The first-order chi connectivity index (χ1) is 10.9. The molecule has 1 amide bonds. The Morgan fingerprint density at radius 3 is 2.70 bits per heavy atom. The molecule has 1 N–H and O–H groups in total. The van der Waals surface area contributed by atoms with Gasteiger partial charge in [-0.15, -0.1) is 6.58 Å². The number of nitrogens with zero attached hydrogens (tertiary/aromatic N) is 1. The number of carbonyl (C=O) groups is 1. The summed E-state index contributed by atoms with van der Waals surface area (Å²) in [6.45, 7) is 4.70. The number of amides is 1. The Kier molecular flexibility index (Phi) is 6.04. The first-order valence-corrected chi connectivity index (χ1v) is 9.07. The summed E-state index contributed by atoms with van der Waals surface area (Å²) in [7, 11) is -3.52. The van der Waals surface area contributed by atoms with E-state index in [1.165, 1.54) is 22.5 Å². The molecule has 126 valence electrons. The Morgan fingerprint density at radius 2 is 2.09 bits per heavy atom. The van der Waals surface area contributed by atoms with Gasteiger partial charge in [0.05, 0.1) is 9.92 Å². The zero-order valence-electron chi connectivity index (χ0n) is 12.6. The van der Waals surface area contributed by atoms with Crippen molar-refractivity contribution in [3.8, 4) is 5.75 Å². The molecule has 1 aliphatic rings. The highest BCUT2D eigenvalue weighted by Gasteiger charge is 2.27. The van der Waals surface area contributed by atoms with Gasteiger partial charge in [0, 0.05) is 19.6 Å². The second kappa shape index (κ2) is 7.81. The molecule has 1 heterocycles. The summed E-state index contributed by atoms with van der Waals surface area (Å²) >= 11 is 6.07. The second-order valence-electron chi connectivity index (χ2n) is 5.08. The molecular weight excluding hydrogens is 340 g/mol. The predicted molar refractivity (Wildman–Crippen MR) is 88.1 cm³/mol. The number of rotatable bonds is 7. The number of ether oxygens (including phenoxy) is 1. The molecule has 1 aromatic carbocycles. The highest BCUT2D eigenvalue weighted by molar-refractivity contribution is 7.89. The van der Waals surface area contributed by atoms with E-state index in [-0.39, 0.29) is 28.2 Å². The van der Waals surface area contributed by atoms with E-state index in [0.29, 0.717) is 19.6 Å².